The lowest BCUT2D eigenvalue weighted by Gasteiger charge is -1.90. The molecule has 9 heavy (non-hydrogen) atoms. The normalized spacial score (nSPS) is 8.89. The summed E-state index contributed by atoms with van der Waals surface area (Å²) >= 11 is 1.54. The van der Waals surface area contributed by atoms with Gasteiger partial charge in [0.15, 0.2) is 6.61 Å². The number of hydrogen-bond acceptors (Lipinski definition) is 4. The van der Waals surface area contributed by atoms with E-state index in [2.05, 4.69) is 21.7 Å². The Morgan fingerprint density at radius 2 is 2.78 bits per heavy atom. The van der Waals surface area contributed by atoms with E-state index in [1.807, 2.05) is 0 Å². The summed E-state index contributed by atoms with van der Waals surface area (Å²) in [5.74, 6) is 0. The van der Waals surface area contributed by atoms with E-state index in [-0.39, 0.29) is 0 Å². The SMILES string of the molecule is C=NOCc1cncs1. The number of rotatable bonds is 3. The van der Waals surface area contributed by atoms with Crippen molar-refractivity contribution in [3.8, 4) is 0 Å². The van der Waals surface area contributed by atoms with Crippen LogP contribution in [0.2, 0.25) is 0 Å². The summed E-state index contributed by atoms with van der Waals surface area (Å²) in [6.45, 7) is 3.65. The molecule has 1 heterocycles. The Morgan fingerprint density at radius 1 is 1.89 bits per heavy atom. The molecule has 48 valence electrons. The van der Waals surface area contributed by atoms with Crippen molar-refractivity contribution in [3.05, 3.63) is 16.6 Å². The van der Waals surface area contributed by atoms with Gasteiger partial charge in [-0.2, -0.15) is 0 Å². The van der Waals surface area contributed by atoms with Crippen LogP contribution in [0, 0.1) is 0 Å². The van der Waals surface area contributed by atoms with Gasteiger partial charge in [-0.05, 0) is 0 Å². The van der Waals surface area contributed by atoms with Crippen molar-refractivity contribution in [2.24, 2.45) is 5.16 Å². The van der Waals surface area contributed by atoms with Gasteiger partial charge in [-0.1, -0.05) is 0 Å². The summed E-state index contributed by atoms with van der Waals surface area (Å²) in [6.07, 6.45) is 1.75. The second kappa shape index (κ2) is 3.19. The molecule has 0 aliphatic rings. The Kier molecular flexibility index (Phi) is 2.21. The molecule has 0 saturated heterocycles. The lowest BCUT2D eigenvalue weighted by atomic mass is 10.6. The van der Waals surface area contributed by atoms with Crippen molar-refractivity contribution in [1.29, 1.82) is 0 Å². The Labute approximate surface area is 57.0 Å². The zero-order valence-electron chi connectivity index (χ0n) is 4.78. The summed E-state index contributed by atoms with van der Waals surface area (Å²) in [5, 5.41) is 3.24. The van der Waals surface area contributed by atoms with E-state index in [1.54, 1.807) is 11.7 Å². The predicted molar refractivity (Wildman–Crippen MR) is 36.5 cm³/mol. The highest BCUT2D eigenvalue weighted by molar-refractivity contribution is 7.09. The molecule has 0 spiro atoms. The Morgan fingerprint density at radius 3 is 3.33 bits per heavy atom. The summed E-state index contributed by atoms with van der Waals surface area (Å²) in [7, 11) is 0. The third-order valence-corrected chi connectivity index (χ3v) is 1.53. The smallest absolute Gasteiger partial charge is 0.152 e. The first-order chi connectivity index (χ1) is 4.43. The van der Waals surface area contributed by atoms with Crippen LogP contribution in [-0.4, -0.2) is 11.7 Å². The molecule has 0 unspecified atom stereocenters. The van der Waals surface area contributed by atoms with Crippen molar-refractivity contribution in [2.75, 3.05) is 0 Å². The highest BCUT2D eigenvalue weighted by Crippen LogP contribution is 2.05. The Bertz CT molecular complexity index is 173. The standard InChI is InChI=1S/C5H6N2OS/c1-6-8-3-5-2-7-4-9-5/h2,4H,1,3H2. The number of nitrogens with zero attached hydrogens (tertiary/aromatic N) is 2. The van der Waals surface area contributed by atoms with E-state index in [4.69, 9.17) is 0 Å². The van der Waals surface area contributed by atoms with E-state index in [9.17, 15) is 0 Å². The molecule has 0 aliphatic heterocycles. The molecule has 0 radical (unpaired) electrons. The largest absolute Gasteiger partial charge is 0.391 e. The molecule has 0 aromatic carbocycles. The number of thiazole rings is 1. The third-order valence-electron chi connectivity index (χ3n) is 0.782. The van der Waals surface area contributed by atoms with Crippen LogP contribution in [0.25, 0.3) is 0 Å². The van der Waals surface area contributed by atoms with Gasteiger partial charge in [-0.3, -0.25) is 4.98 Å². The molecular weight excluding hydrogens is 136 g/mol. The Hall–Kier alpha value is -0.900. The molecule has 4 heteroatoms. The van der Waals surface area contributed by atoms with Crippen LogP contribution < -0.4 is 0 Å². The minimum atomic E-state index is 0.480. The topological polar surface area (TPSA) is 34.5 Å². The minimum absolute atomic E-state index is 0.480. The van der Waals surface area contributed by atoms with Gasteiger partial charge in [0.2, 0.25) is 0 Å². The van der Waals surface area contributed by atoms with Gasteiger partial charge >= 0.3 is 0 Å². The van der Waals surface area contributed by atoms with Crippen molar-refractivity contribution in [3.63, 3.8) is 0 Å². The monoisotopic (exact) mass is 142 g/mol. The molecular formula is C5H6N2OS. The van der Waals surface area contributed by atoms with E-state index < -0.39 is 0 Å². The van der Waals surface area contributed by atoms with Crippen molar-refractivity contribution < 1.29 is 4.84 Å². The maximum atomic E-state index is 4.66. The Balaban J connectivity index is 2.38. The maximum Gasteiger partial charge on any atom is 0.152 e. The fourth-order valence-electron chi connectivity index (χ4n) is 0.423. The van der Waals surface area contributed by atoms with Crippen LogP contribution in [0.5, 0.6) is 0 Å². The lowest BCUT2D eigenvalue weighted by molar-refractivity contribution is 0.135. The zero-order valence-corrected chi connectivity index (χ0v) is 5.60. The molecule has 0 fully saturated rings. The number of hydrogen-bond donors (Lipinski definition) is 0. The molecule has 3 nitrogen and oxygen atoms in total. The quantitative estimate of drug-likeness (QED) is 0.470. The van der Waals surface area contributed by atoms with Gasteiger partial charge in [0, 0.05) is 12.9 Å². The minimum Gasteiger partial charge on any atom is -0.391 e. The number of aromatic nitrogens is 1. The first-order valence-corrected chi connectivity index (χ1v) is 3.27. The van der Waals surface area contributed by atoms with Crippen LogP contribution in [0.15, 0.2) is 16.9 Å². The maximum absolute atomic E-state index is 4.66. The first kappa shape index (κ1) is 6.22. The van der Waals surface area contributed by atoms with Crippen LogP contribution >= 0.6 is 11.3 Å². The van der Waals surface area contributed by atoms with Gasteiger partial charge in [0.05, 0.1) is 10.4 Å². The van der Waals surface area contributed by atoms with E-state index in [1.165, 1.54) is 11.3 Å². The number of oxime groups is 1. The average molecular weight is 142 g/mol. The lowest BCUT2D eigenvalue weighted by Crippen LogP contribution is -1.79. The van der Waals surface area contributed by atoms with E-state index in [0.29, 0.717) is 6.61 Å². The molecule has 1 aromatic heterocycles. The zero-order chi connectivity index (χ0) is 6.53. The second-order valence-electron chi connectivity index (χ2n) is 1.37. The third kappa shape index (κ3) is 1.81. The fraction of sp³-hybridized carbons (Fsp3) is 0.200. The van der Waals surface area contributed by atoms with Crippen LogP contribution in [-0.2, 0) is 11.4 Å². The van der Waals surface area contributed by atoms with Crippen molar-refractivity contribution in [2.45, 2.75) is 6.61 Å². The van der Waals surface area contributed by atoms with E-state index >= 15 is 0 Å². The molecule has 0 atom stereocenters. The molecule has 0 amide bonds. The van der Waals surface area contributed by atoms with Gasteiger partial charge in [-0.25, -0.2) is 0 Å². The van der Waals surface area contributed by atoms with Crippen molar-refractivity contribution in [1.82, 2.24) is 4.98 Å². The average Bonchev–Trinajstić information content (AvgIpc) is 2.34. The highest BCUT2D eigenvalue weighted by Gasteiger charge is 1.90. The van der Waals surface area contributed by atoms with Gasteiger partial charge in [-0.15, -0.1) is 16.5 Å². The van der Waals surface area contributed by atoms with Crippen molar-refractivity contribution >= 4 is 18.1 Å². The van der Waals surface area contributed by atoms with Gasteiger partial charge in [0.25, 0.3) is 0 Å². The summed E-state index contributed by atoms with van der Waals surface area (Å²) in [5.41, 5.74) is 1.75. The molecule has 1 rings (SSSR count). The summed E-state index contributed by atoms with van der Waals surface area (Å²) in [4.78, 5) is 9.57. The van der Waals surface area contributed by atoms with E-state index in [0.717, 1.165) is 4.88 Å². The molecule has 0 N–H and O–H groups in total. The van der Waals surface area contributed by atoms with Crippen LogP contribution in [0.1, 0.15) is 4.88 Å². The molecule has 0 bridgehead atoms. The summed E-state index contributed by atoms with van der Waals surface area (Å²) < 4.78 is 0. The molecule has 1 aromatic rings. The predicted octanol–water partition coefficient (Wildman–Crippen LogP) is 1.28. The van der Waals surface area contributed by atoms with Crippen LogP contribution in [0.3, 0.4) is 0 Å². The second-order valence-corrected chi connectivity index (χ2v) is 2.34. The summed E-state index contributed by atoms with van der Waals surface area (Å²) in [6, 6.07) is 0. The van der Waals surface area contributed by atoms with Gasteiger partial charge in [0.1, 0.15) is 0 Å². The fourth-order valence-corrected chi connectivity index (χ4v) is 0.922. The van der Waals surface area contributed by atoms with Gasteiger partial charge < -0.3 is 4.84 Å². The molecule has 0 saturated carbocycles. The highest BCUT2D eigenvalue weighted by atomic mass is 32.1. The first-order valence-electron chi connectivity index (χ1n) is 2.39. The van der Waals surface area contributed by atoms with Crippen LogP contribution in [0.4, 0.5) is 0 Å². The molecule has 0 aliphatic carbocycles.